The Morgan fingerprint density at radius 1 is 1.42 bits per heavy atom. The van der Waals surface area contributed by atoms with Gasteiger partial charge in [-0.25, -0.2) is 4.98 Å². The van der Waals surface area contributed by atoms with Gasteiger partial charge in [-0.1, -0.05) is 18.6 Å². The van der Waals surface area contributed by atoms with Crippen LogP contribution in [0.1, 0.15) is 29.3 Å². The minimum absolute atomic E-state index is 0.169. The van der Waals surface area contributed by atoms with Crippen LogP contribution < -0.4 is 10.6 Å². The average molecular weight is 258 g/mol. The van der Waals surface area contributed by atoms with E-state index < -0.39 is 0 Å². The van der Waals surface area contributed by atoms with Crippen LogP contribution in [0.5, 0.6) is 0 Å². The van der Waals surface area contributed by atoms with E-state index in [1.807, 2.05) is 25.1 Å². The molecule has 0 bridgehead atoms. The number of amides is 1. The van der Waals surface area contributed by atoms with Gasteiger partial charge in [-0.05, 0) is 25.5 Å². The lowest BCUT2D eigenvalue weighted by molar-refractivity contribution is 0.102. The Balaban J connectivity index is 2.21. The molecule has 1 aromatic heterocycles. The Hall–Kier alpha value is -2.30. The highest BCUT2D eigenvalue weighted by Crippen LogP contribution is 2.18. The standard InChI is InChI=1S/C14H18N4O/c1-3-6-15-12-5-4-10(2)9-11(12)13(19)18-14-16-7-8-17-14/h4-5,7-9,15H,3,6H2,1-2H3,(H2,16,17,18,19). The van der Waals surface area contributed by atoms with Crippen LogP contribution >= 0.6 is 0 Å². The lowest BCUT2D eigenvalue weighted by Gasteiger charge is -2.11. The molecule has 100 valence electrons. The lowest BCUT2D eigenvalue weighted by Crippen LogP contribution is -2.16. The van der Waals surface area contributed by atoms with Gasteiger partial charge in [0.1, 0.15) is 0 Å². The number of nitrogens with one attached hydrogen (secondary N) is 3. The minimum Gasteiger partial charge on any atom is -0.384 e. The smallest absolute Gasteiger partial charge is 0.260 e. The second-order valence-electron chi connectivity index (χ2n) is 4.37. The van der Waals surface area contributed by atoms with Gasteiger partial charge >= 0.3 is 0 Å². The zero-order valence-electron chi connectivity index (χ0n) is 11.2. The third-order valence-corrected chi connectivity index (χ3v) is 2.72. The summed E-state index contributed by atoms with van der Waals surface area (Å²) in [6, 6.07) is 5.79. The Bertz CT molecular complexity index is 549. The van der Waals surface area contributed by atoms with E-state index >= 15 is 0 Å². The zero-order chi connectivity index (χ0) is 13.7. The summed E-state index contributed by atoms with van der Waals surface area (Å²) >= 11 is 0. The van der Waals surface area contributed by atoms with Crippen molar-refractivity contribution >= 4 is 17.5 Å². The predicted molar refractivity (Wildman–Crippen MR) is 76.5 cm³/mol. The number of H-pyrrole nitrogens is 1. The van der Waals surface area contributed by atoms with Crippen molar-refractivity contribution in [1.29, 1.82) is 0 Å². The number of rotatable bonds is 5. The van der Waals surface area contributed by atoms with Crippen molar-refractivity contribution in [3.8, 4) is 0 Å². The van der Waals surface area contributed by atoms with Gasteiger partial charge in [0, 0.05) is 24.6 Å². The molecule has 5 nitrogen and oxygen atoms in total. The highest BCUT2D eigenvalue weighted by Gasteiger charge is 2.12. The van der Waals surface area contributed by atoms with Gasteiger partial charge in [-0.15, -0.1) is 0 Å². The molecule has 1 aromatic carbocycles. The number of aryl methyl sites for hydroxylation is 1. The van der Waals surface area contributed by atoms with E-state index in [0.29, 0.717) is 11.5 Å². The SMILES string of the molecule is CCCNc1ccc(C)cc1C(=O)Nc1ncc[nH]1. The van der Waals surface area contributed by atoms with Crippen LogP contribution in [0, 0.1) is 6.92 Å². The first-order chi connectivity index (χ1) is 9.20. The van der Waals surface area contributed by atoms with Crippen molar-refractivity contribution in [2.75, 3.05) is 17.2 Å². The average Bonchev–Trinajstić information content (AvgIpc) is 2.90. The summed E-state index contributed by atoms with van der Waals surface area (Å²) in [5.74, 6) is 0.283. The van der Waals surface area contributed by atoms with Gasteiger partial charge in [-0.3, -0.25) is 10.1 Å². The molecule has 2 aromatic rings. The Labute approximate surface area is 112 Å². The predicted octanol–water partition coefficient (Wildman–Crippen LogP) is 2.79. The molecular formula is C14H18N4O. The molecule has 5 heteroatoms. The molecule has 0 aliphatic heterocycles. The molecule has 0 atom stereocenters. The van der Waals surface area contributed by atoms with Crippen molar-refractivity contribution < 1.29 is 4.79 Å². The van der Waals surface area contributed by atoms with E-state index in [1.54, 1.807) is 12.4 Å². The van der Waals surface area contributed by atoms with Crippen LogP contribution in [0.2, 0.25) is 0 Å². The summed E-state index contributed by atoms with van der Waals surface area (Å²) in [6.45, 7) is 4.89. The van der Waals surface area contributed by atoms with Gasteiger partial charge in [0.25, 0.3) is 5.91 Å². The van der Waals surface area contributed by atoms with Crippen LogP contribution in [0.25, 0.3) is 0 Å². The maximum Gasteiger partial charge on any atom is 0.260 e. The molecule has 1 heterocycles. The molecular weight excluding hydrogens is 240 g/mol. The first-order valence-electron chi connectivity index (χ1n) is 6.36. The maximum absolute atomic E-state index is 12.2. The van der Waals surface area contributed by atoms with Gasteiger partial charge in [-0.2, -0.15) is 0 Å². The van der Waals surface area contributed by atoms with E-state index in [9.17, 15) is 4.79 Å². The van der Waals surface area contributed by atoms with E-state index in [2.05, 4.69) is 27.5 Å². The van der Waals surface area contributed by atoms with Crippen molar-refractivity contribution in [3.05, 3.63) is 41.7 Å². The van der Waals surface area contributed by atoms with Crippen LogP contribution in [-0.2, 0) is 0 Å². The second kappa shape index (κ2) is 6.04. The number of hydrogen-bond donors (Lipinski definition) is 3. The van der Waals surface area contributed by atoms with Gasteiger partial charge < -0.3 is 10.3 Å². The van der Waals surface area contributed by atoms with Gasteiger partial charge in [0.05, 0.1) is 5.56 Å². The number of benzene rings is 1. The number of carbonyl (C=O) groups is 1. The van der Waals surface area contributed by atoms with Crippen LogP contribution in [0.4, 0.5) is 11.6 Å². The molecule has 0 radical (unpaired) electrons. The first kappa shape index (κ1) is 13.1. The number of imidazole rings is 1. The molecule has 0 spiro atoms. The summed E-state index contributed by atoms with van der Waals surface area (Å²) in [4.78, 5) is 19.1. The molecule has 0 fully saturated rings. The second-order valence-corrected chi connectivity index (χ2v) is 4.37. The maximum atomic E-state index is 12.2. The summed E-state index contributed by atoms with van der Waals surface area (Å²) in [5.41, 5.74) is 2.52. The van der Waals surface area contributed by atoms with Crippen LogP contribution in [-0.4, -0.2) is 22.4 Å². The molecule has 0 aliphatic carbocycles. The third kappa shape index (κ3) is 3.34. The largest absolute Gasteiger partial charge is 0.384 e. The lowest BCUT2D eigenvalue weighted by atomic mass is 10.1. The van der Waals surface area contributed by atoms with E-state index in [0.717, 1.165) is 24.2 Å². The van der Waals surface area contributed by atoms with Crippen molar-refractivity contribution in [2.24, 2.45) is 0 Å². The van der Waals surface area contributed by atoms with Crippen molar-refractivity contribution in [2.45, 2.75) is 20.3 Å². The summed E-state index contributed by atoms with van der Waals surface area (Å²) in [7, 11) is 0. The van der Waals surface area contributed by atoms with Crippen LogP contribution in [0.15, 0.2) is 30.6 Å². The highest BCUT2D eigenvalue weighted by atomic mass is 16.1. The molecule has 3 N–H and O–H groups in total. The Morgan fingerprint density at radius 3 is 2.95 bits per heavy atom. The molecule has 0 unspecified atom stereocenters. The molecule has 2 rings (SSSR count). The van der Waals surface area contributed by atoms with Crippen molar-refractivity contribution in [3.63, 3.8) is 0 Å². The Kier molecular flexibility index (Phi) is 4.18. The van der Waals surface area contributed by atoms with Gasteiger partial charge in [0.2, 0.25) is 5.95 Å². The highest BCUT2D eigenvalue weighted by molar-refractivity contribution is 6.07. The number of aromatic nitrogens is 2. The monoisotopic (exact) mass is 258 g/mol. The number of nitrogens with zero attached hydrogens (tertiary/aromatic N) is 1. The first-order valence-corrected chi connectivity index (χ1v) is 6.36. The number of hydrogen-bond acceptors (Lipinski definition) is 3. The van der Waals surface area contributed by atoms with E-state index in [1.165, 1.54) is 0 Å². The fraction of sp³-hybridized carbons (Fsp3) is 0.286. The fourth-order valence-corrected chi connectivity index (χ4v) is 1.77. The molecule has 0 saturated heterocycles. The summed E-state index contributed by atoms with van der Waals surface area (Å²) < 4.78 is 0. The topological polar surface area (TPSA) is 69.8 Å². The summed E-state index contributed by atoms with van der Waals surface area (Å²) in [6.07, 6.45) is 4.28. The summed E-state index contributed by atoms with van der Waals surface area (Å²) in [5, 5.41) is 6.00. The quantitative estimate of drug-likeness (QED) is 0.772. The molecule has 0 saturated carbocycles. The third-order valence-electron chi connectivity index (χ3n) is 2.72. The van der Waals surface area contributed by atoms with Crippen molar-refractivity contribution in [1.82, 2.24) is 9.97 Å². The van der Waals surface area contributed by atoms with E-state index in [4.69, 9.17) is 0 Å². The van der Waals surface area contributed by atoms with Gasteiger partial charge in [0.15, 0.2) is 0 Å². The normalized spacial score (nSPS) is 10.2. The fourth-order valence-electron chi connectivity index (χ4n) is 1.77. The Morgan fingerprint density at radius 2 is 2.26 bits per heavy atom. The van der Waals surface area contributed by atoms with E-state index in [-0.39, 0.29) is 5.91 Å². The molecule has 19 heavy (non-hydrogen) atoms. The minimum atomic E-state index is -0.169. The van der Waals surface area contributed by atoms with Crippen LogP contribution in [0.3, 0.4) is 0 Å². The molecule has 1 amide bonds. The molecule has 0 aliphatic rings. The number of carbonyl (C=O) groups excluding carboxylic acids is 1. The zero-order valence-corrected chi connectivity index (χ0v) is 11.2. The number of anilines is 2. The number of aromatic amines is 1.